The molecule has 1 unspecified atom stereocenters. The summed E-state index contributed by atoms with van der Waals surface area (Å²) in [6.07, 6.45) is 3.46. The summed E-state index contributed by atoms with van der Waals surface area (Å²) >= 11 is 1.27. The third-order valence-corrected chi connectivity index (χ3v) is 10.3. The van der Waals surface area contributed by atoms with E-state index in [1.54, 1.807) is 27.4 Å². The Kier molecular flexibility index (Phi) is 8.39. The van der Waals surface area contributed by atoms with Crippen molar-refractivity contribution in [3.63, 3.8) is 0 Å². The lowest BCUT2D eigenvalue weighted by atomic mass is 10.1. The summed E-state index contributed by atoms with van der Waals surface area (Å²) in [7, 11) is -3.63. The standard InChI is InChI=1S/C27H33FN4O4S2/c1-20-5-2-3-14-32(20)38(34,35)23-9-6-21(7-10-23)26(33)31(13-4-12-30-15-17-36-18-16-30)27-29-24-11-8-22(28)19-25(24)37-27/h6-11,19-20H,2-5,12-18H2,1H3. The molecule has 0 radical (unpaired) electrons. The predicted octanol–water partition coefficient (Wildman–Crippen LogP) is 4.37. The Morgan fingerprint density at radius 3 is 2.63 bits per heavy atom. The first kappa shape index (κ1) is 27.1. The molecule has 5 rings (SSSR count). The number of amides is 1. The van der Waals surface area contributed by atoms with E-state index in [0.29, 0.717) is 47.2 Å². The van der Waals surface area contributed by atoms with E-state index in [9.17, 15) is 17.6 Å². The number of hydrogen-bond acceptors (Lipinski definition) is 7. The minimum absolute atomic E-state index is 0.0408. The third kappa shape index (κ3) is 5.91. The van der Waals surface area contributed by atoms with E-state index in [2.05, 4.69) is 9.88 Å². The van der Waals surface area contributed by atoms with Crippen molar-refractivity contribution in [3.8, 4) is 0 Å². The smallest absolute Gasteiger partial charge is 0.260 e. The molecule has 1 aromatic heterocycles. The monoisotopic (exact) mass is 560 g/mol. The number of ether oxygens (including phenoxy) is 1. The SMILES string of the molecule is CC1CCCCN1S(=O)(=O)c1ccc(C(=O)N(CCCN2CCOCC2)c2nc3ccc(F)cc3s2)cc1. The van der Waals surface area contributed by atoms with Crippen molar-refractivity contribution in [1.29, 1.82) is 0 Å². The van der Waals surface area contributed by atoms with Crippen LogP contribution in [0.15, 0.2) is 47.4 Å². The normalized spacial score (nSPS) is 19.6. The molecule has 204 valence electrons. The minimum Gasteiger partial charge on any atom is -0.379 e. The molecule has 0 spiro atoms. The van der Waals surface area contributed by atoms with Crippen molar-refractivity contribution < 1.29 is 22.3 Å². The summed E-state index contributed by atoms with van der Waals surface area (Å²) in [5.41, 5.74) is 1.02. The number of fused-ring (bicyclic) bond motifs is 1. The molecule has 0 bridgehead atoms. The van der Waals surface area contributed by atoms with Gasteiger partial charge in [-0.3, -0.25) is 14.6 Å². The van der Waals surface area contributed by atoms with Gasteiger partial charge in [-0.15, -0.1) is 0 Å². The minimum atomic E-state index is -3.63. The fraction of sp³-hybridized carbons (Fsp3) is 0.481. The molecule has 3 aromatic rings. The van der Waals surface area contributed by atoms with E-state index >= 15 is 0 Å². The highest BCUT2D eigenvalue weighted by Gasteiger charge is 2.31. The summed E-state index contributed by atoms with van der Waals surface area (Å²) in [5.74, 6) is -0.612. The number of carbonyl (C=O) groups is 1. The van der Waals surface area contributed by atoms with Crippen LogP contribution in [0.4, 0.5) is 9.52 Å². The van der Waals surface area contributed by atoms with Crippen molar-refractivity contribution in [2.75, 3.05) is 50.8 Å². The van der Waals surface area contributed by atoms with Gasteiger partial charge in [-0.1, -0.05) is 17.8 Å². The van der Waals surface area contributed by atoms with E-state index < -0.39 is 10.0 Å². The van der Waals surface area contributed by atoms with Crippen LogP contribution >= 0.6 is 11.3 Å². The zero-order valence-corrected chi connectivity index (χ0v) is 23.1. The average molecular weight is 561 g/mol. The van der Waals surface area contributed by atoms with Crippen molar-refractivity contribution in [2.45, 2.75) is 43.5 Å². The summed E-state index contributed by atoms with van der Waals surface area (Å²) in [4.78, 5) is 22.4. The van der Waals surface area contributed by atoms with E-state index in [4.69, 9.17) is 4.74 Å². The van der Waals surface area contributed by atoms with Gasteiger partial charge in [0.05, 0.1) is 28.3 Å². The molecule has 2 aliphatic heterocycles. The zero-order chi connectivity index (χ0) is 26.7. The van der Waals surface area contributed by atoms with Gasteiger partial charge < -0.3 is 4.74 Å². The van der Waals surface area contributed by atoms with Gasteiger partial charge in [-0.05, 0) is 68.7 Å². The number of morpholine rings is 1. The topological polar surface area (TPSA) is 83.1 Å². The molecule has 2 saturated heterocycles. The van der Waals surface area contributed by atoms with Gasteiger partial charge in [-0.25, -0.2) is 17.8 Å². The Balaban J connectivity index is 1.37. The second-order valence-electron chi connectivity index (χ2n) is 9.86. The second-order valence-corrected chi connectivity index (χ2v) is 12.8. The van der Waals surface area contributed by atoms with Gasteiger partial charge in [0.2, 0.25) is 10.0 Å². The number of rotatable bonds is 8. The summed E-state index contributed by atoms with van der Waals surface area (Å²) < 4.78 is 47.9. The molecule has 0 saturated carbocycles. The van der Waals surface area contributed by atoms with Crippen molar-refractivity contribution >= 4 is 42.6 Å². The van der Waals surface area contributed by atoms with Crippen molar-refractivity contribution in [3.05, 3.63) is 53.8 Å². The number of halogens is 1. The Morgan fingerprint density at radius 2 is 1.89 bits per heavy atom. The Hall–Kier alpha value is -2.44. The predicted molar refractivity (Wildman–Crippen MR) is 147 cm³/mol. The zero-order valence-electron chi connectivity index (χ0n) is 21.5. The molecule has 2 aliphatic rings. The highest BCUT2D eigenvalue weighted by atomic mass is 32.2. The van der Waals surface area contributed by atoms with Gasteiger partial charge in [0.25, 0.3) is 5.91 Å². The summed E-state index contributed by atoms with van der Waals surface area (Å²) in [6.45, 7) is 6.84. The van der Waals surface area contributed by atoms with E-state index in [1.807, 2.05) is 6.92 Å². The van der Waals surface area contributed by atoms with Gasteiger partial charge in [0.1, 0.15) is 5.82 Å². The highest BCUT2D eigenvalue weighted by Crippen LogP contribution is 2.31. The van der Waals surface area contributed by atoms with Crippen molar-refractivity contribution in [1.82, 2.24) is 14.2 Å². The number of nitrogens with zero attached hydrogens (tertiary/aromatic N) is 4. The first-order valence-electron chi connectivity index (χ1n) is 13.1. The summed E-state index contributed by atoms with van der Waals surface area (Å²) in [6, 6.07) is 10.5. The number of carbonyl (C=O) groups excluding carboxylic acids is 1. The van der Waals surface area contributed by atoms with Crippen molar-refractivity contribution in [2.24, 2.45) is 0 Å². The molecule has 2 aromatic carbocycles. The quantitative estimate of drug-likeness (QED) is 0.407. The van der Waals surface area contributed by atoms with E-state index in [1.165, 1.54) is 35.6 Å². The van der Waals surface area contributed by atoms with Crippen LogP contribution in [0, 0.1) is 5.82 Å². The first-order chi connectivity index (χ1) is 18.3. The molecule has 2 fully saturated rings. The van der Waals surface area contributed by atoms with Crippen LogP contribution in [0.1, 0.15) is 43.0 Å². The van der Waals surface area contributed by atoms with Crippen LogP contribution in [-0.4, -0.2) is 80.5 Å². The van der Waals surface area contributed by atoms with Crippen LogP contribution in [0.2, 0.25) is 0 Å². The first-order valence-corrected chi connectivity index (χ1v) is 15.4. The molecule has 3 heterocycles. The Bertz CT molecular complexity index is 1370. The number of benzene rings is 2. The van der Waals surface area contributed by atoms with Crippen LogP contribution in [0.5, 0.6) is 0 Å². The maximum absolute atomic E-state index is 13.8. The lowest BCUT2D eigenvalue weighted by Crippen LogP contribution is -2.41. The van der Waals surface area contributed by atoms with E-state index in [-0.39, 0.29) is 22.7 Å². The lowest BCUT2D eigenvalue weighted by molar-refractivity contribution is 0.0376. The van der Waals surface area contributed by atoms with Gasteiger partial charge in [-0.2, -0.15) is 4.31 Å². The Labute approximate surface area is 227 Å². The van der Waals surface area contributed by atoms with Gasteiger partial charge >= 0.3 is 0 Å². The number of thiazole rings is 1. The number of sulfonamides is 1. The number of hydrogen-bond donors (Lipinski definition) is 0. The maximum atomic E-state index is 13.8. The van der Waals surface area contributed by atoms with Crippen LogP contribution in [0.3, 0.4) is 0 Å². The molecule has 38 heavy (non-hydrogen) atoms. The molecule has 0 N–H and O–H groups in total. The maximum Gasteiger partial charge on any atom is 0.260 e. The fourth-order valence-corrected chi connectivity index (χ4v) is 7.77. The highest BCUT2D eigenvalue weighted by molar-refractivity contribution is 7.89. The molecule has 11 heteroatoms. The third-order valence-electron chi connectivity index (χ3n) is 7.22. The van der Waals surface area contributed by atoms with Crippen LogP contribution in [0.25, 0.3) is 10.2 Å². The Morgan fingerprint density at radius 1 is 1.13 bits per heavy atom. The number of piperidine rings is 1. The molecule has 1 amide bonds. The molecular weight excluding hydrogens is 527 g/mol. The van der Waals surface area contributed by atoms with Gasteiger partial charge in [0, 0.05) is 44.3 Å². The lowest BCUT2D eigenvalue weighted by Gasteiger charge is -2.32. The molecule has 1 atom stereocenters. The second kappa shape index (κ2) is 11.7. The van der Waals surface area contributed by atoms with E-state index in [0.717, 1.165) is 45.3 Å². The van der Waals surface area contributed by atoms with Gasteiger partial charge in [0.15, 0.2) is 5.13 Å². The largest absolute Gasteiger partial charge is 0.379 e. The van der Waals surface area contributed by atoms with Crippen LogP contribution in [-0.2, 0) is 14.8 Å². The average Bonchev–Trinajstić information content (AvgIpc) is 3.34. The molecule has 0 aliphatic carbocycles. The fourth-order valence-electron chi connectivity index (χ4n) is 5.05. The number of anilines is 1. The summed E-state index contributed by atoms with van der Waals surface area (Å²) in [5, 5.41) is 0.497. The molecular formula is C27H33FN4O4S2. The van der Waals surface area contributed by atoms with Crippen LogP contribution < -0.4 is 4.90 Å². The number of aromatic nitrogens is 1. The molecule has 8 nitrogen and oxygen atoms in total.